The number of ether oxygens (including phenoxy) is 4. The van der Waals surface area contributed by atoms with Crippen LogP contribution in [0.15, 0.2) is 76.5 Å². The molecule has 11 N–H and O–H groups in total. The van der Waals surface area contributed by atoms with Gasteiger partial charge in [0.2, 0.25) is 26.0 Å². The topological polar surface area (TPSA) is 361 Å². The lowest BCUT2D eigenvalue weighted by atomic mass is 9.89. The fourth-order valence-corrected chi connectivity index (χ4v) is 11.1. The van der Waals surface area contributed by atoms with Crippen molar-refractivity contribution in [3.8, 4) is 23.0 Å². The first kappa shape index (κ1) is 76.9. The molecule has 0 unspecified atom stereocenters. The Hall–Kier alpha value is -7.34. The number of aliphatic hydroxyl groups excluding tert-OH is 5. The number of carboxylic acid groups (broad SMARTS) is 1. The minimum atomic E-state index is -5.12. The molecule has 7 rings (SSSR count). The predicted octanol–water partition coefficient (Wildman–Crippen LogP) is 5.46. The van der Waals surface area contributed by atoms with Crippen LogP contribution in [0.2, 0.25) is 0 Å². The van der Waals surface area contributed by atoms with Crippen LogP contribution >= 0.6 is 0 Å². The van der Waals surface area contributed by atoms with Gasteiger partial charge >= 0.3 is 18.7 Å². The second-order valence-electron chi connectivity index (χ2n) is 20.2. The lowest BCUT2D eigenvalue weighted by Gasteiger charge is -2.35. The number of carboxylic acids is 1. The molecule has 0 bridgehead atoms. The third-order valence-corrected chi connectivity index (χ3v) is 16.6. The fraction of sp³-hybridized carbons (Fsp3) is 0.439. The maximum absolute atomic E-state index is 13.8. The number of primary amides is 1. The van der Waals surface area contributed by atoms with E-state index in [0.717, 1.165) is 62.9 Å². The van der Waals surface area contributed by atoms with Gasteiger partial charge in [-0.15, -0.1) is 26.3 Å². The van der Waals surface area contributed by atoms with Crippen molar-refractivity contribution in [2.45, 2.75) is 104 Å². The number of alkyl halides is 6. The highest BCUT2D eigenvalue weighted by atomic mass is 32.2. The third kappa shape index (κ3) is 22.3. The van der Waals surface area contributed by atoms with Gasteiger partial charge < -0.3 is 66.4 Å². The van der Waals surface area contributed by atoms with Crippen LogP contribution in [0.3, 0.4) is 0 Å². The minimum Gasteiger partial charge on any atom is -0.491 e. The molecule has 0 radical (unpaired) electrons. The number of nitrogens with one attached hydrogen (secondary N) is 1. The van der Waals surface area contributed by atoms with Crippen LogP contribution in [0.25, 0.3) is 12.2 Å². The predicted molar refractivity (Wildman–Crippen MR) is 313 cm³/mol. The van der Waals surface area contributed by atoms with Gasteiger partial charge in [-0.2, -0.15) is 8.61 Å². The standard InChI is InChI=1S/C27H29F4N3O7S.C19H29N3O6S.C8H4F4O3.C2H6O.CH4/c1-16-11-20(40-15-19(36)14-35)12-17(2)21(16)5-10-42(38,39)34-8-6-26(7-9-34)25(37)32-24(33-26)18-3-4-22(28)23(13-18)41-27(29,30)31;1-13-9-16(28-12-15(24)11-23)10-14(2)17(13)3-8-29(26,27)22-6-4-19(21,5-7-22)18(20)25;9-5-2-1-4(7(13)14)3-6(5)15-8(10,11)12;1-2-3;/h3-5,10-13,19,35-36H,6-9,14-15H2,1-2H3,(H,32,33,37);3,8-10,15,23-24H,4-7,11-12,21H2,1-2H3,(H2,20,25);1-3H,(H,13,14);3H,2H2,1H3;1H4/b10-5+;8-3+;;;/t19-;15-;;;/m11.../s1. The number of nitrogens with zero attached hydrogens (tertiary/aromatic N) is 3. The molecule has 4 aromatic carbocycles. The molecule has 3 aliphatic rings. The van der Waals surface area contributed by atoms with Gasteiger partial charge in [-0.25, -0.2) is 30.4 Å². The second kappa shape index (κ2) is 32.6. The van der Waals surface area contributed by atoms with Crippen molar-refractivity contribution in [2.75, 3.05) is 59.2 Å². The second-order valence-corrected chi connectivity index (χ2v) is 23.8. The average Bonchev–Trinajstić information content (AvgIpc) is 2.29. The van der Waals surface area contributed by atoms with E-state index in [1.165, 1.54) is 20.8 Å². The lowest BCUT2D eigenvalue weighted by molar-refractivity contribution is -0.276. The molecule has 1 spiro atoms. The molecule has 2 fully saturated rings. The number of aliphatic hydroxyl groups is 5. The number of aromatic carboxylic acids is 1. The van der Waals surface area contributed by atoms with Crippen molar-refractivity contribution in [1.29, 1.82) is 0 Å². The van der Waals surface area contributed by atoms with Crippen LogP contribution in [0.1, 0.15) is 89.3 Å². The zero-order valence-corrected chi connectivity index (χ0v) is 50.1. The van der Waals surface area contributed by atoms with Crippen LogP contribution in [-0.4, -0.2) is 175 Å². The molecule has 3 aliphatic heterocycles. The molecule has 2 atom stereocenters. The maximum Gasteiger partial charge on any atom is 0.573 e. The summed E-state index contributed by atoms with van der Waals surface area (Å²) in [6.07, 6.45) is -8.77. The van der Waals surface area contributed by atoms with Gasteiger partial charge in [0.15, 0.2) is 23.1 Å². The van der Waals surface area contributed by atoms with Crippen LogP contribution in [0, 0.1) is 39.3 Å². The summed E-state index contributed by atoms with van der Waals surface area (Å²) >= 11 is 0. The van der Waals surface area contributed by atoms with Gasteiger partial charge in [0.05, 0.1) is 24.3 Å². The molecule has 90 heavy (non-hydrogen) atoms. The van der Waals surface area contributed by atoms with Crippen molar-refractivity contribution in [2.24, 2.45) is 16.5 Å². The molecule has 0 aromatic heterocycles. The monoisotopic (exact) mass is 1330 g/mol. The number of piperidine rings is 2. The quantitative estimate of drug-likeness (QED) is 0.0526. The number of carbonyl (C=O) groups is 3. The van der Waals surface area contributed by atoms with Gasteiger partial charge in [-0.1, -0.05) is 7.43 Å². The summed E-state index contributed by atoms with van der Waals surface area (Å²) < 4.78 is 171. The molecule has 0 aliphatic carbocycles. The number of amides is 2. The van der Waals surface area contributed by atoms with E-state index in [0.29, 0.717) is 29.2 Å². The molecular formula is C57H72F8N6O17S2. The Balaban J connectivity index is 0.000000380. The summed E-state index contributed by atoms with van der Waals surface area (Å²) in [5.41, 5.74) is 12.7. The molecule has 33 heteroatoms. The number of carbonyl (C=O) groups excluding carboxylic acids is 2. The Morgan fingerprint density at radius 2 is 1.07 bits per heavy atom. The zero-order chi connectivity index (χ0) is 67.0. The summed E-state index contributed by atoms with van der Waals surface area (Å²) in [5, 5.41) is 57.4. The summed E-state index contributed by atoms with van der Waals surface area (Å²) in [6, 6.07) is 11.4. The molecular weight excluding hydrogens is 1260 g/mol. The normalized spacial score (nSPS) is 16.6. The number of sulfonamides is 2. The van der Waals surface area contributed by atoms with Gasteiger partial charge in [-0.05, 0) is 166 Å². The van der Waals surface area contributed by atoms with Crippen molar-refractivity contribution in [3.05, 3.63) is 128 Å². The first-order valence-electron chi connectivity index (χ1n) is 26.7. The van der Waals surface area contributed by atoms with Crippen LogP contribution in [-0.2, 0) is 29.6 Å². The number of hydrogen-bond donors (Lipinski definition) is 9. The first-order chi connectivity index (χ1) is 41.3. The van der Waals surface area contributed by atoms with E-state index in [4.69, 9.17) is 41.4 Å². The number of amidine groups is 1. The highest BCUT2D eigenvalue weighted by molar-refractivity contribution is 7.92. The van der Waals surface area contributed by atoms with E-state index in [1.807, 2.05) is 13.8 Å². The van der Waals surface area contributed by atoms with E-state index >= 15 is 0 Å². The van der Waals surface area contributed by atoms with E-state index in [9.17, 15) is 76.6 Å². The van der Waals surface area contributed by atoms with Crippen LogP contribution in [0.4, 0.5) is 35.1 Å². The Morgan fingerprint density at radius 3 is 1.43 bits per heavy atom. The number of aryl methyl sites for hydroxylation is 4. The summed E-state index contributed by atoms with van der Waals surface area (Å²) in [7, 11) is -7.56. The fourth-order valence-electron chi connectivity index (χ4n) is 8.71. The first-order valence-corrected chi connectivity index (χ1v) is 29.7. The van der Waals surface area contributed by atoms with Gasteiger partial charge in [-0.3, -0.25) is 14.6 Å². The Kier molecular flexibility index (Phi) is 27.9. The highest BCUT2D eigenvalue weighted by Gasteiger charge is 2.48. The number of nitrogens with two attached hydrogens (primary N) is 2. The SMILES string of the molecule is C.CCO.Cc1cc(OC[C@H](O)CO)cc(C)c1/C=C/S(=O)(=O)N1CCC(N)(C(N)=O)CC1.Cc1cc(OC[C@H](O)CO)cc(C)c1/C=C/S(=O)(=O)N1CCC2(CC1)N=C(c1ccc(F)c(OC(F)(F)F)c1)NC2=O.O=C(O)c1ccc(F)c(OC(F)(F)F)c1. The van der Waals surface area contributed by atoms with Crippen LogP contribution in [0.5, 0.6) is 23.0 Å². The molecule has 4 aromatic rings. The molecule has 2 saturated heterocycles. The molecule has 500 valence electrons. The molecule has 0 saturated carbocycles. The van der Waals surface area contributed by atoms with Crippen LogP contribution < -0.4 is 35.7 Å². The maximum atomic E-state index is 13.8. The minimum absolute atomic E-state index is 0. The molecule has 3 heterocycles. The average molecular weight is 1330 g/mol. The van der Waals surface area contributed by atoms with E-state index in [-0.39, 0.29) is 90.5 Å². The third-order valence-electron chi connectivity index (χ3n) is 13.4. The summed E-state index contributed by atoms with van der Waals surface area (Å²) in [5.74, 6) is -6.46. The van der Waals surface area contributed by atoms with E-state index in [1.54, 1.807) is 45.0 Å². The molecule has 23 nitrogen and oxygen atoms in total. The number of halogens is 8. The van der Waals surface area contributed by atoms with Crippen molar-refractivity contribution in [1.82, 2.24) is 13.9 Å². The van der Waals surface area contributed by atoms with Crippen molar-refractivity contribution in [3.63, 3.8) is 0 Å². The lowest BCUT2D eigenvalue weighted by Crippen LogP contribution is -2.58. The van der Waals surface area contributed by atoms with Crippen molar-refractivity contribution < 1.29 is 116 Å². The van der Waals surface area contributed by atoms with E-state index < -0.39 is 116 Å². The van der Waals surface area contributed by atoms with Gasteiger partial charge in [0.25, 0.3) is 5.91 Å². The Bertz CT molecular complexity index is 3420. The van der Waals surface area contributed by atoms with Crippen molar-refractivity contribution >= 4 is 55.8 Å². The number of aliphatic imine (C=N–C) groups is 1. The largest absolute Gasteiger partial charge is 0.573 e. The number of benzene rings is 4. The van der Waals surface area contributed by atoms with E-state index in [2.05, 4.69) is 19.8 Å². The smallest absolute Gasteiger partial charge is 0.491 e. The highest BCUT2D eigenvalue weighted by Crippen LogP contribution is 2.35. The number of rotatable bonds is 19. The zero-order valence-electron chi connectivity index (χ0n) is 48.4. The molecule has 2 amide bonds. The Labute approximate surface area is 513 Å². The Morgan fingerprint density at radius 1 is 0.689 bits per heavy atom. The number of hydrogen-bond acceptors (Lipinski definition) is 18. The van der Waals surface area contributed by atoms with Gasteiger partial charge in [0, 0.05) is 49.2 Å². The summed E-state index contributed by atoms with van der Waals surface area (Å²) in [4.78, 5) is 39.0. The summed E-state index contributed by atoms with van der Waals surface area (Å²) in [6.45, 7) is 8.32. The van der Waals surface area contributed by atoms with Gasteiger partial charge in [0.1, 0.15) is 48.3 Å².